The summed E-state index contributed by atoms with van der Waals surface area (Å²) in [5.74, 6) is -1.83. The van der Waals surface area contributed by atoms with Gasteiger partial charge in [0.2, 0.25) is 5.78 Å². The first-order valence-electron chi connectivity index (χ1n) is 11.6. The summed E-state index contributed by atoms with van der Waals surface area (Å²) >= 11 is 0. The van der Waals surface area contributed by atoms with Gasteiger partial charge in [-0.2, -0.15) is 0 Å². The van der Waals surface area contributed by atoms with Crippen molar-refractivity contribution < 1.29 is 38.1 Å². The molecule has 192 valence electrons. The van der Waals surface area contributed by atoms with Crippen LogP contribution in [0.4, 0.5) is 5.69 Å². The van der Waals surface area contributed by atoms with Crippen molar-refractivity contribution >= 4 is 34.3 Å². The number of rotatable bonds is 7. The van der Waals surface area contributed by atoms with Gasteiger partial charge in [-0.1, -0.05) is 30.3 Å². The average molecular weight is 514 g/mol. The smallest absolute Gasteiger partial charge is 0.337 e. The number of methoxy groups -OCH3 is 3. The molecule has 1 amide bonds. The third-order valence-electron chi connectivity index (χ3n) is 6.38. The second-order valence-corrected chi connectivity index (χ2v) is 8.47. The fraction of sp³-hybridized carbons (Fsp3) is 0.138. The molecule has 0 saturated heterocycles. The number of nitrogens with zero attached hydrogens (tertiary/aromatic N) is 1. The maximum Gasteiger partial charge on any atom is 0.337 e. The van der Waals surface area contributed by atoms with E-state index >= 15 is 0 Å². The zero-order chi connectivity index (χ0) is 27.0. The Morgan fingerprint density at radius 1 is 0.921 bits per heavy atom. The lowest BCUT2D eigenvalue weighted by molar-refractivity contribution is -0.117. The Labute approximate surface area is 217 Å². The first-order chi connectivity index (χ1) is 18.4. The molecule has 9 heteroatoms. The summed E-state index contributed by atoms with van der Waals surface area (Å²) in [5.41, 5.74) is 1.23. The molecule has 0 spiro atoms. The largest absolute Gasteiger partial charge is 0.503 e. The highest BCUT2D eigenvalue weighted by molar-refractivity contribution is 6.21. The van der Waals surface area contributed by atoms with Crippen LogP contribution >= 0.6 is 0 Å². The van der Waals surface area contributed by atoms with E-state index in [9.17, 15) is 19.5 Å². The minimum atomic E-state index is -1.02. The Morgan fingerprint density at radius 2 is 1.66 bits per heavy atom. The zero-order valence-corrected chi connectivity index (χ0v) is 20.8. The molecule has 0 radical (unpaired) electrons. The van der Waals surface area contributed by atoms with E-state index in [1.165, 1.54) is 38.4 Å². The van der Waals surface area contributed by atoms with E-state index in [1.807, 2.05) is 0 Å². The number of ketones is 1. The molecule has 1 unspecified atom stereocenters. The van der Waals surface area contributed by atoms with Crippen LogP contribution in [0, 0.1) is 0 Å². The van der Waals surface area contributed by atoms with Gasteiger partial charge in [-0.3, -0.25) is 14.5 Å². The van der Waals surface area contributed by atoms with Gasteiger partial charge < -0.3 is 23.7 Å². The van der Waals surface area contributed by atoms with E-state index in [-0.39, 0.29) is 16.9 Å². The van der Waals surface area contributed by atoms with Crippen molar-refractivity contribution in [2.75, 3.05) is 26.2 Å². The van der Waals surface area contributed by atoms with Crippen molar-refractivity contribution in [3.8, 4) is 11.5 Å². The number of Topliss-reactive ketones (excluding diaryl/α,β-unsaturated/α-hetero) is 1. The van der Waals surface area contributed by atoms with Crippen LogP contribution < -0.4 is 14.4 Å². The molecule has 0 bridgehead atoms. The van der Waals surface area contributed by atoms with Crippen molar-refractivity contribution in [2.45, 2.75) is 6.04 Å². The van der Waals surface area contributed by atoms with Gasteiger partial charge >= 0.3 is 5.97 Å². The van der Waals surface area contributed by atoms with E-state index in [4.69, 9.17) is 18.6 Å². The van der Waals surface area contributed by atoms with Crippen LogP contribution in [0.25, 0.3) is 11.0 Å². The predicted molar refractivity (Wildman–Crippen MR) is 138 cm³/mol. The maximum atomic E-state index is 13.8. The predicted octanol–water partition coefficient (Wildman–Crippen LogP) is 5.02. The van der Waals surface area contributed by atoms with Crippen molar-refractivity contribution in [3.63, 3.8) is 0 Å². The number of aliphatic hydroxyl groups is 1. The van der Waals surface area contributed by atoms with Crippen LogP contribution in [0.15, 0.2) is 88.5 Å². The Morgan fingerprint density at radius 3 is 2.34 bits per heavy atom. The average Bonchev–Trinajstić information content (AvgIpc) is 3.51. The second-order valence-electron chi connectivity index (χ2n) is 8.47. The summed E-state index contributed by atoms with van der Waals surface area (Å²) in [5, 5.41) is 11.7. The first-order valence-corrected chi connectivity index (χ1v) is 11.6. The Balaban J connectivity index is 1.65. The lowest BCUT2D eigenvalue weighted by Gasteiger charge is -2.27. The molecule has 1 atom stereocenters. The van der Waals surface area contributed by atoms with Gasteiger partial charge in [0.15, 0.2) is 22.9 Å². The molecule has 1 aromatic heterocycles. The normalized spacial score (nSPS) is 15.2. The third-order valence-corrected chi connectivity index (χ3v) is 6.38. The summed E-state index contributed by atoms with van der Waals surface area (Å²) in [4.78, 5) is 40.7. The Bertz CT molecular complexity index is 1600. The molecule has 1 aliphatic rings. The number of aliphatic hydroxyl groups excluding tert-OH is 1. The highest BCUT2D eigenvalue weighted by Gasteiger charge is 2.45. The van der Waals surface area contributed by atoms with Crippen molar-refractivity contribution in [3.05, 3.63) is 101 Å². The van der Waals surface area contributed by atoms with Crippen LogP contribution in [0.5, 0.6) is 11.5 Å². The highest BCUT2D eigenvalue weighted by Crippen LogP contribution is 2.43. The number of hydrogen-bond acceptors (Lipinski definition) is 8. The minimum Gasteiger partial charge on any atom is -0.503 e. The topological polar surface area (TPSA) is 116 Å². The number of anilines is 1. The Hall–Kier alpha value is -5.05. The van der Waals surface area contributed by atoms with Crippen molar-refractivity contribution in [1.29, 1.82) is 0 Å². The summed E-state index contributed by atoms with van der Waals surface area (Å²) in [6, 6.07) is 18.7. The number of benzene rings is 3. The van der Waals surface area contributed by atoms with Crippen LogP contribution in [0.2, 0.25) is 0 Å². The number of carbonyl (C=O) groups excluding carboxylic acids is 3. The third kappa shape index (κ3) is 4.03. The molecule has 0 fully saturated rings. The van der Waals surface area contributed by atoms with Gasteiger partial charge in [-0.05, 0) is 48.0 Å². The monoisotopic (exact) mass is 513 g/mol. The molecule has 4 aromatic rings. The molecule has 38 heavy (non-hydrogen) atoms. The maximum absolute atomic E-state index is 13.8. The quantitative estimate of drug-likeness (QED) is 0.271. The molecule has 1 aliphatic heterocycles. The molecule has 9 nitrogen and oxygen atoms in total. The Kier molecular flexibility index (Phi) is 6.34. The van der Waals surface area contributed by atoms with Gasteiger partial charge in [0.25, 0.3) is 5.91 Å². The molecule has 3 aromatic carbocycles. The summed E-state index contributed by atoms with van der Waals surface area (Å²) < 4.78 is 21.2. The van der Waals surface area contributed by atoms with E-state index in [1.54, 1.807) is 60.7 Å². The van der Waals surface area contributed by atoms with Crippen LogP contribution in [-0.4, -0.2) is 44.1 Å². The van der Waals surface area contributed by atoms with E-state index in [0.717, 1.165) is 0 Å². The van der Waals surface area contributed by atoms with Gasteiger partial charge in [-0.25, -0.2) is 4.79 Å². The van der Waals surface area contributed by atoms with Crippen molar-refractivity contribution in [1.82, 2.24) is 0 Å². The minimum absolute atomic E-state index is 0.0671. The molecule has 0 aliphatic carbocycles. The molecule has 5 rings (SSSR count). The fourth-order valence-electron chi connectivity index (χ4n) is 4.55. The van der Waals surface area contributed by atoms with Gasteiger partial charge in [0, 0.05) is 11.1 Å². The van der Waals surface area contributed by atoms with Gasteiger partial charge in [0.05, 0.1) is 38.5 Å². The number of fused-ring (bicyclic) bond motifs is 1. The number of furan rings is 1. The van der Waals surface area contributed by atoms with Crippen molar-refractivity contribution in [2.24, 2.45) is 0 Å². The summed E-state index contributed by atoms with van der Waals surface area (Å²) in [6.07, 6.45) is 0. The highest BCUT2D eigenvalue weighted by atomic mass is 16.5. The first kappa shape index (κ1) is 24.6. The van der Waals surface area contributed by atoms with Crippen LogP contribution in [0.3, 0.4) is 0 Å². The summed E-state index contributed by atoms with van der Waals surface area (Å²) in [6.45, 7) is 0. The zero-order valence-electron chi connectivity index (χ0n) is 20.8. The molecule has 1 N–H and O–H groups in total. The second kappa shape index (κ2) is 9.78. The molecular formula is C29H23NO8. The number of hydrogen-bond donors (Lipinski definition) is 1. The van der Waals surface area contributed by atoms with Gasteiger partial charge in [-0.15, -0.1) is 0 Å². The SMILES string of the molecule is COC(=O)c1cccc(N2C(=O)C(O)=C(C(=O)c3cc4cccc(OC)c4o3)C2c2ccc(OC)cc2)c1. The van der Waals surface area contributed by atoms with Gasteiger partial charge in [0.1, 0.15) is 5.75 Å². The van der Waals surface area contributed by atoms with E-state index < -0.39 is 29.5 Å². The lowest BCUT2D eigenvalue weighted by atomic mass is 9.94. The fourth-order valence-corrected chi connectivity index (χ4v) is 4.55. The number of para-hydroxylation sites is 1. The molecular weight excluding hydrogens is 490 g/mol. The van der Waals surface area contributed by atoms with Crippen LogP contribution in [-0.2, 0) is 9.53 Å². The molecule has 0 saturated carbocycles. The van der Waals surface area contributed by atoms with E-state index in [2.05, 4.69) is 0 Å². The number of esters is 1. The van der Waals surface area contributed by atoms with E-state index in [0.29, 0.717) is 33.7 Å². The lowest BCUT2D eigenvalue weighted by Crippen LogP contribution is -2.31. The molecule has 2 heterocycles. The standard InChI is InChI=1S/C29H23NO8/c1-35-20-12-10-16(11-13-20)24-23(25(31)22-15-17-6-5-9-21(36-2)27(17)38-22)26(32)28(33)30(24)19-8-4-7-18(14-19)29(34)37-3/h4-15,24,32H,1-3H3. The number of ether oxygens (including phenoxy) is 3. The van der Waals surface area contributed by atoms with Crippen LogP contribution in [0.1, 0.15) is 32.5 Å². The number of amides is 1. The number of carbonyl (C=O) groups is 3. The summed E-state index contributed by atoms with van der Waals surface area (Å²) in [7, 11) is 4.26.